The summed E-state index contributed by atoms with van der Waals surface area (Å²) >= 11 is 0. The van der Waals surface area contributed by atoms with Crippen LogP contribution in [0.25, 0.3) is 0 Å². The summed E-state index contributed by atoms with van der Waals surface area (Å²) in [6, 6.07) is -0.653. The van der Waals surface area contributed by atoms with Crippen LogP contribution in [0.2, 0.25) is 0 Å². The predicted octanol–water partition coefficient (Wildman–Crippen LogP) is 14.7. The maximum absolute atomic E-state index is 12.3. The van der Waals surface area contributed by atoms with Crippen molar-refractivity contribution in [1.82, 2.24) is 5.32 Å². The van der Waals surface area contributed by atoms with Crippen molar-refractivity contribution in [2.24, 2.45) is 0 Å². The molecule has 0 aliphatic heterocycles. The van der Waals surface area contributed by atoms with E-state index in [0.717, 1.165) is 103 Å². The second-order valence-corrected chi connectivity index (χ2v) is 14.7. The fraction of sp³-hybridized carbons (Fsp3) is 0.566. The van der Waals surface area contributed by atoms with Crippen LogP contribution < -0.4 is 5.32 Å². The van der Waals surface area contributed by atoms with Crippen LogP contribution in [-0.4, -0.2) is 34.9 Å². The number of aliphatic hydroxyl groups excluding tert-OH is 2. The van der Waals surface area contributed by atoms with E-state index in [9.17, 15) is 15.0 Å². The van der Waals surface area contributed by atoms with E-state index in [4.69, 9.17) is 0 Å². The first kappa shape index (κ1) is 53.5. The fourth-order valence-electron chi connectivity index (χ4n) is 5.89. The monoisotopic (exact) mass is 784 g/mol. The minimum absolute atomic E-state index is 0.0950. The Morgan fingerprint density at radius 1 is 0.439 bits per heavy atom. The highest BCUT2D eigenvalue weighted by atomic mass is 16.3. The van der Waals surface area contributed by atoms with Crippen molar-refractivity contribution < 1.29 is 15.0 Å². The van der Waals surface area contributed by atoms with Crippen molar-refractivity contribution >= 4 is 5.91 Å². The van der Waals surface area contributed by atoms with Gasteiger partial charge in [0, 0.05) is 6.42 Å². The highest BCUT2D eigenvalue weighted by molar-refractivity contribution is 5.76. The second kappa shape index (κ2) is 46.9. The van der Waals surface area contributed by atoms with Crippen molar-refractivity contribution in [2.75, 3.05) is 6.61 Å². The van der Waals surface area contributed by atoms with Gasteiger partial charge in [-0.25, -0.2) is 0 Å². The van der Waals surface area contributed by atoms with Crippen LogP contribution in [-0.2, 0) is 4.79 Å². The van der Waals surface area contributed by atoms with Crippen LogP contribution in [0.15, 0.2) is 134 Å². The molecule has 0 rings (SSSR count). The van der Waals surface area contributed by atoms with E-state index >= 15 is 0 Å². The van der Waals surface area contributed by atoms with Gasteiger partial charge >= 0.3 is 0 Å². The van der Waals surface area contributed by atoms with Crippen molar-refractivity contribution in [3.05, 3.63) is 134 Å². The van der Waals surface area contributed by atoms with Gasteiger partial charge in [-0.05, 0) is 103 Å². The molecule has 2 unspecified atom stereocenters. The molecule has 0 saturated carbocycles. The molecule has 0 aromatic heterocycles. The zero-order valence-corrected chi connectivity index (χ0v) is 36.5. The Kier molecular flexibility index (Phi) is 44.1. The summed E-state index contributed by atoms with van der Waals surface area (Å²) in [4.78, 5) is 12.3. The van der Waals surface area contributed by atoms with Gasteiger partial charge in [-0.2, -0.15) is 0 Å². The molecule has 4 heteroatoms. The molecule has 0 radical (unpaired) electrons. The van der Waals surface area contributed by atoms with Crippen molar-refractivity contribution in [1.29, 1.82) is 0 Å². The summed E-state index contributed by atoms with van der Waals surface area (Å²) in [6.45, 7) is 4.12. The van der Waals surface area contributed by atoms with Crippen LogP contribution in [0, 0.1) is 0 Å². The number of rotatable bonds is 39. The minimum Gasteiger partial charge on any atom is -0.394 e. The lowest BCUT2D eigenvalue weighted by molar-refractivity contribution is -0.123. The second-order valence-electron chi connectivity index (χ2n) is 14.7. The summed E-state index contributed by atoms with van der Waals surface area (Å²) in [5.41, 5.74) is 0. The van der Waals surface area contributed by atoms with Gasteiger partial charge in [0.2, 0.25) is 5.91 Å². The molecule has 0 saturated heterocycles. The highest BCUT2D eigenvalue weighted by Gasteiger charge is 2.17. The van der Waals surface area contributed by atoms with Gasteiger partial charge in [0.05, 0.1) is 18.8 Å². The van der Waals surface area contributed by atoms with E-state index in [0.29, 0.717) is 6.42 Å². The number of carbonyl (C=O) groups excluding carboxylic acids is 1. The normalized spacial score (nSPS) is 14.2. The maximum atomic E-state index is 12.3. The molecule has 0 aliphatic rings. The standard InChI is InChI=1S/C53H85NO3/c1-3-5-7-9-11-13-15-16-17-18-19-20-21-22-23-24-25-26-27-28-29-30-31-32-33-34-35-36-37-38-39-41-43-45-47-49-53(57)54-51(50-55)52(56)48-46-44-42-40-14-12-10-8-6-4-2/h5,7,11,13-14,16-17,19-20,22-23,25-26,28-29,31-32,34-35,40,46,48,51-52,55-56H,3-4,6,8-10,12,15,18,21,24,27,30,33,36-39,41-45,47,49-50H2,1-2H3,(H,54,57)/b7-5-,13-11-,17-16-,20-19-,23-22-,26-25-,29-28-,32-31-,35-34-,40-14+,48-46+. The number of hydrogen-bond donors (Lipinski definition) is 3. The first-order valence-corrected chi connectivity index (χ1v) is 22.9. The van der Waals surface area contributed by atoms with E-state index < -0.39 is 12.1 Å². The quantitative estimate of drug-likeness (QED) is 0.0429. The first-order chi connectivity index (χ1) is 28.2. The molecule has 0 bridgehead atoms. The van der Waals surface area contributed by atoms with Crippen LogP contribution in [0.5, 0.6) is 0 Å². The molecule has 0 heterocycles. The molecule has 0 aliphatic carbocycles. The predicted molar refractivity (Wildman–Crippen MR) is 252 cm³/mol. The average Bonchev–Trinajstić information content (AvgIpc) is 3.22. The van der Waals surface area contributed by atoms with Crippen molar-refractivity contribution in [2.45, 2.75) is 187 Å². The van der Waals surface area contributed by atoms with Gasteiger partial charge in [0.1, 0.15) is 0 Å². The third kappa shape index (κ3) is 43.5. The molecule has 57 heavy (non-hydrogen) atoms. The Bertz CT molecular complexity index is 1210. The molecule has 2 atom stereocenters. The molecule has 3 N–H and O–H groups in total. The zero-order valence-electron chi connectivity index (χ0n) is 36.5. The largest absolute Gasteiger partial charge is 0.394 e. The van der Waals surface area contributed by atoms with Gasteiger partial charge in [-0.3, -0.25) is 4.79 Å². The lowest BCUT2D eigenvalue weighted by Crippen LogP contribution is -2.45. The van der Waals surface area contributed by atoms with E-state index in [1.165, 1.54) is 51.4 Å². The minimum atomic E-state index is -0.874. The molecule has 0 spiro atoms. The molecule has 320 valence electrons. The summed E-state index contributed by atoms with van der Waals surface area (Å²) in [5.74, 6) is -0.0950. The molecule has 1 amide bonds. The van der Waals surface area contributed by atoms with E-state index in [2.05, 4.69) is 141 Å². The smallest absolute Gasteiger partial charge is 0.220 e. The van der Waals surface area contributed by atoms with Gasteiger partial charge in [0.25, 0.3) is 0 Å². The molecule has 4 nitrogen and oxygen atoms in total. The summed E-state index contributed by atoms with van der Waals surface area (Å²) < 4.78 is 0. The number of hydrogen-bond acceptors (Lipinski definition) is 3. The van der Waals surface area contributed by atoms with Crippen molar-refractivity contribution in [3.63, 3.8) is 0 Å². The number of carbonyl (C=O) groups is 1. The first-order valence-electron chi connectivity index (χ1n) is 22.9. The van der Waals surface area contributed by atoms with E-state index in [1.807, 2.05) is 6.08 Å². The Morgan fingerprint density at radius 2 is 0.789 bits per heavy atom. The Hall–Kier alpha value is -3.47. The third-order valence-corrected chi connectivity index (χ3v) is 9.37. The summed E-state index contributed by atoms with van der Waals surface area (Å²) in [5, 5.41) is 22.9. The average molecular weight is 784 g/mol. The van der Waals surface area contributed by atoms with Crippen LogP contribution in [0.4, 0.5) is 0 Å². The molecule has 0 aromatic rings. The number of aliphatic hydroxyl groups is 2. The molecule has 0 aromatic carbocycles. The number of amides is 1. The maximum Gasteiger partial charge on any atom is 0.220 e. The third-order valence-electron chi connectivity index (χ3n) is 9.37. The molecular weight excluding hydrogens is 699 g/mol. The van der Waals surface area contributed by atoms with Crippen LogP contribution in [0.3, 0.4) is 0 Å². The number of nitrogens with one attached hydrogen (secondary N) is 1. The Labute approximate surface area is 351 Å². The SMILES string of the molecule is CC/C=C\C/C=C\C/C=C\C/C=C\C/C=C\C/C=C\C/C=C\C/C=C\C/C=C\CCCCCCCCCC(=O)NC(CO)C(O)/C=C/CC/C=C/CCCCCC. The van der Waals surface area contributed by atoms with E-state index in [1.54, 1.807) is 6.08 Å². The summed E-state index contributed by atoms with van der Waals surface area (Å²) in [7, 11) is 0. The van der Waals surface area contributed by atoms with Gasteiger partial charge < -0.3 is 15.5 Å². The van der Waals surface area contributed by atoms with Gasteiger partial charge in [-0.15, -0.1) is 0 Å². The lowest BCUT2D eigenvalue weighted by atomic mass is 10.1. The van der Waals surface area contributed by atoms with Crippen LogP contribution in [0.1, 0.15) is 174 Å². The zero-order chi connectivity index (χ0) is 41.4. The Morgan fingerprint density at radius 3 is 1.23 bits per heavy atom. The molecular formula is C53H85NO3. The number of allylic oxidation sites excluding steroid dienone is 21. The van der Waals surface area contributed by atoms with Gasteiger partial charge in [-0.1, -0.05) is 199 Å². The Balaban J connectivity index is 3.68. The highest BCUT2D eigenvalue weighted by Crippen LogP contribution is 2.11. The summed E-state index contributed by atoms with van der Waals surface area (Å²) in [6.07, 6.45) is 74.3. The molecule has 0 fully saturated rings. The fourth-order valence-corrected chi connectivity index (χ4v) is 5.89. The number of unbranched alkanes of at least 4 members (excludes halogenated alkanes) is 12. The van der Waals surface area contributed by atoms with E-state index in [-0.39, 0.29) is 12.5 Å². The lowest BCUT2D eigenvalue weighted by Gasteiger charge is -2.19. The van der Waals surface area contributed by atoms with Crippen LogP contribution >= 0.6 is 0 Å². The topological polar surface area (TPSA) is 69.6 Å². The van der Waals surface area contributed by atoms with Crippen molar-refractivity contribution in [3.8, 4) is 0 Å². The van der Waals surface area contributed by atoms with Gasteiger partial charge in [0.15, 0.2) is 0 Å².